The molecule has 10 heteroatoms. The number of primary sulfonamides is 1. The number of benzene rings is 1. The maximum Gasteiger partial charge on any atom is 0.338 e. The molecule has 0 bridgehead atoms. The number of ether oxygens (including phenoxy) is 1. The fourth-order valence-corrected chi connectivity index (χ4v) is 3.64. The molecule has 0 saturated heterocycles. The summed E-state index contributed by atoms with van der Waals surface area (Å²) in [5.41, 5.74) is 0.907. The number of carbonyl (C=O) groups excluding carboxylic acids is 2. The van der Waals surface area contributed by atoms with Gasteiger partial charge in [-0.25, -0.2) is 18.4 Å². The van der Waals surface area contributed by atoms with Crippen LogP contribution in [-0.2, 0) is 26.1 Å². The lowest BCUT2D eigenvalue weighted by Gasteiger charge is -2.16. The van der Waals surface area contributed by atoms with Crippen molar-refractivity contribution in [2.45, 2.75) is 11.4 Å². The van der Waals surface area contributed by atoms with E-state index in [1.54, 1.807) is 7.05 Å². The summed E-state index contributed by atoms with van der Waals surface area (Å²) >= 11 is 7.27. The zero-order chi connectivity index (χ0) is 18.6. The Bertz CT molecular complexity index is 881. The highest BCUT2D eigenvalue weighted by molar-refractivity contribution is 7.89. The first-order valence-electron chi connectivity index (χ1n) is 6.93. The molecule has 0 aliphatic rings. The van der Waals surface area contributed by atoms with E-state index in [1.165, 1.54) is 28.4 Å². The molecule has 1 aromatic carbocycles. The Morgan fingerprint density at radius 1 is 1.32 bits per heavy atom. The van der Waals surface area contributed by atoms with Crippen molar-refractivity contribution in [3.63, 3.8) is 0 Å². The third-order valence-electron chi connectivity index (χ3n) is 3.23. The molecule has 1 amide bonds. The Morgan fingerprint density at radius 3 is 2.64 bits per heavy atom. The highest BCUT2D eigenvalue weighted by atomic mass is 35.5. The van der Waals surface area contributed by atoms with Crippen LogP contribution in [0.3, 0.4) is 0 Å². The van der Waals surface area contributed by atoms with E-state index in [0.717, 1.165) is 11.6 Å². The average molecular weight is 403 g/mol. The molecule has 2 aromatic rings. The number of carbonyl (C=O) groups is 2. The minimum atomic E-state index is -4.08. The molecule has 0 spiro atoms. The maximum absolute atomic E-state index is 12.0. The van der Waals surface area contributed by atoms with Crippen molar-refractivity contribution in [3.8, 4) is 0 Å². The number of hydrogen-bond donors (Lipinski definition) is 1. The molecule has 7 nitrogen and oxygen atoms in total. The molecule has 0 radical (unpaired) electrons. The average Bonchev–Trinajstić information content (AvgIpc) is 3.04. The molecule has 0 aliphatic heterocycles. The van der Waals surface area contributed by atoms with Gasteiger partial charge in [-0.2, -0.15) is 11.3 Å². The smallest absolute Gasteiger partial charge is 0.338 e. The monoisotopic (exact) mass is 402 g/mol. The van der Waals surface area contributed by atoms with Crippen molar-refractivity contribution < 1.29 is 22.7 Å². The van der Waals surface area contributed by atoms with Crippen molar-refractivity contribution in [1.82, 2.24) is 4.90 Å². The van der Waals surface area contributed by atoms with Gasteiger partial charge in [0.1, 0.15) is 4.90 Å². The van der Waals surface area contributed by atoms with Crippen LogP contribution >= 0.6 is 22.9 Å². The van der Waals surface area contributed by atoms with Crippen molar-refractivity contribution in [1.29, 1.82) is 0 Å². The predicted molar refractivity (Wildman–Crippen MR) is 93.9 cm³/mol. The zero-order valence-corrected chi connectivity index (χ0v) is 15.5. The van der Waals surface area contributed by atoms with Gasteiger partial charge in [0.05, 0.1) is 10.6 Å². The summed E-state index contributed by atoms with van der Waals surface area (Å²) in [5.74, 6) is -1.24. The molecular weight excluding hydrogens is 388 g/mol. The molecule has 0 unspecified atom stereocenters. The van der Waals surface area contributed by atoms with Gasteiger partial charge < -0.3 is 9.64 Å². The highest BCUT2D eigenvalue weighted by Crippen LogP contribution is 2.21. The summed E-state index contributed by atoms with van der Waals surface area (Å²) in [6, 6.07) is 5.42. The fourth-order valence-electron chi connectivity index (χ4n) is 1.91. The highest BCUT2D eigenvalue weighted by Gasteiger charge is 2.18. The minimum absolute atomic E-state index is 0.0679. The number of amides is 1. The molecule has 1 aromatic heterocycles. The summed E-state index contributed by atoms with van der Waals surface area (Å²) in [7, 11) is -2.48. The number of nitrogens with zero attached hydrogens (tertiary/aromatic N) is 1. The number of halogens is 1. The summed E-state index contributed by atoms with van der Waals surface area (Å²) < 4.78 is 27.8. The van der Waals surface area contributed by atoms with Gasteiger partial charge in [0.25, 0.3) is 5.91 Å². The molecule has 0 saturated carbocycles. The van der Waals surface area contributed by atoms with Gasteiger partial charge in [0.15, 0.2) is 6.61 Å². The van der Waals surface area contributed by atoms with Crippen LogP contribution < -0.4 is 5.14 Å². The van der Waals surface area contributed by atoms with Crippen LogP contribution in [0.15, 0.2) is 39.9 Å². The Labute approximate surface area is 154 Å². The fraction of sp³-hybridized carbons (Fsp3) is 0.200. The van der Waals surface area contributed by atoms with Gasteiger partial charge in [0, 0.05) is 13.6 Å². The standard InChI is InChI=1S/C15H15ClN2O5S2/c1-18(7-10-4-5-24-9-10)14(19)8-23-15(20)11-2-3-12(16)13(6-11)25(17,21)22/h2-6,9H,7-8H2,1H3,(H2,17,21,22). The van der Waals surface area contributed by atoms with E-state index in [4.69, 9.17) is 21.5 Å². The van der Waals surface area contributed by atoms with Crippen molar-refractivity contribution in [2.75, 3.05) is 13.7 Å². The Kier molecular flexibility index (Phi) is 6.17. The van der Waals surface area contributed by atoms with Crippen LogP contribution in [0.4, 0.5) is 0 Å². The van der Waals surface area contributed by atoms with Crippen LogP contribution in [0.25, 0.3) is 0 Å². The second-order valence-electron chi connectivity index (χ2n) is 5.15. The Morgan fingerprint density at radius 2 is 2.04 bits per heavy atom. The molecular formula is C15H15ClN2O5S2. The van der Waals surface area contributed by atoms with E-state index in [-0.39, 0.29) is 21.4 Å². The first kappa shape index (κ1) is 19.4. The second-order valence-corrected chi connectivity index (χ2v) is 7.86. The normalized spacial score (nSPS) is 11.2. The lowest BCUT2D eigenvalue weighted by molar-refractivity contribution is -0.133. The largest absolute Gasteiger partial charge is 0.452 e. The van der Waals surface area contributed by atoms with E-state index in [2.05, 4.69) is 0 Å². The van der Waals surface area contributed by atoms with E-state index < -0.39 is 22.6 Å². The number of sulfonamides is 1. The van der Waals surface area contributed by atoms with Crippen LogP contribution in [0, 0.1) is 0 Å². The van der Waals surface area contributed by atoms with E-state index in [1.807, 2.05) is 16.8 Å². The first-order valence-corrected chi connectivity index (χ1v) is 9.79. The zero-order valence-electron chi connectivity index (χ0n) is 13.1. The Hall–Kier alpha value is -1.94. The number of hydrogen-bond acceptors (Lipinski definition) is 6. The number of nitrogens with two attached hydrogens (primary N) is 1. The topological polar surface area (TPSA) is 107 Å². The van der Waals surface area contributed by atoms with Crippen LogP contribution in [0.5, 0.6) is 0 Å². The molecule has 134 valence electrons. The van der Waals surface area contributed by atoms with Crippen molar-refractivity contribution in [3.05, 3.63) is 51.2 Å². The van der Waals surface area contributed by atoms with Gasteiger partial charge in [0.2, 0.25) is 10.0 Å². The molecule has 1 heterocycles. The lowest BCUT2D eigenvalue weighted by atomic mass is 10.2. The van der Waals surface area contributed by atoms with Crippen molar-refractivity contribution in [2.24, 2.45) is 5.14 Å². The van der Waals surface area contributed by atoms with E-state index in [9.17, 15) is 18.0 Å². The lowest BCUT2D eigenvalue weighted by Crippen LogP contribution is -2.30. The molecule has 2 rings (SSSR count). The molecule has 0 aliphatic carbocycles. The SMILES string of the molecule is CN(Cc1ccsc1)C(=O)COC(=O)c1ccc(Cl)c(S(N)(=O)=O)c1. The number of esters is 1. The summed E-state index contributed by atoms with van der Waals surface area (Å²) in [6.07, 6.45) is 0. The third kappa shape index (κ3) is 5.27. The van der Waals surface area contributed by atoms with Crippen molar-refractivity contribution >= 4 is 44.8 Å². The molecule has 2 N–H and O–H groups in total. The number of rotatable bonds is 6. The van der Waals surface area contributed by atoms with Crippen LogP contribution in [0.2, 0.25) is 5.02 Å². The molecule has 0 fully saturated rings. The number of thiophene rings is 1. The number of likely N-dealkylation sites (N-methyl/N-ethyl adjacent to an activating group) is 1. The summed E-state index contributed by atoms with van der Waals surface area (Å²) in [6.45, 7) is -0.0663. The van der Waals surface area contributed by atoms with Crippen LogP contribution in [-0.4, -0.2) is 38.8 Å². The maximum atomic E-state index is 12.0. The Balaban J connectivity index is 1.99. The van der Waals surface area contributed by atoms with Gasteiger partial charge in [-0.3, -0.25) is 4.79 Å². The summed E-state index contributed by atoms with van der Waals surface area (Å²) in [5, 5.41) is 8.74. The molecule has 0 atom stereocenters. The predicted octanol–water partition coefficient (Wildman–Crippen LogP) is 1.86. The second kappa shape index (κ2) is 7.96. The van der Waals surface area contributed by atoms with E-state index >= 15 is 0 Å². The van der Waals surface area contributed by atoms with Crippen LogP contribution in [0.1, 0.15) is 15.9 Å². The van der Waals surface area contributed by atoms with Gasteiger partial charge in [-0.15, -0.1) is 0 Å². The van der Waals surface area contributed by atoms with Gasteiger partial charge >= 0.3 is 5.97 Å². The van der Waals surface area contributed by atoms with E-state index in [0.29, 0.717) is 6.54 Å². The van der Waals surface area contributed by atoms with Gasteiger partial charge in [-0.05, 0) is 40.6 Å². The van der Waals surface area contributed by atoms with Gasteiger partial charge in [-0.1, -0.05) is 11.6 Å². The first-order chi connectivity index (χ1) is 11.7. The summed E-state index contributed by atoms with van der Waals surface area (Å²) in [4.78, 5) is 25.0. The minimum Gasteiger partial charge on any atom is -0.452 e. The quantitative estimate of drug-likeness (QED) is 0.742. The molecule has 25 heavy (non-hydrogen) atoms. The third-order valence-corrected chi connectivity index (χ3v) is 5.35.